The zero-order valence-corrected chi connectivity index (χ0v) is 15.9. The Bertz CT molecular complexity index is 1050. The molecule has 0 aliphatic heterocycles. The molecule has 0 atom stereocenters. The summed E-state index contributed by atoms with van der Waals surface area (Å²) in [5.41, 5.74) is 1.73. The molecule has 0 N–H and O–H groups in total. The summed E-state index contributed by atoms with van der Waals surface area (Å²) in [6, 6.07) is 10.9. The number of carbonyl (C=O) groups excluding carboxylic acids is 2. The van der Waals surface area contributed by atoms with E-state index in [0.717, 1.165) is 5.52 Å². The second-order valence-corrected chi connectivity index (χ2v) is 6.90. The normalized spacial score (nSPS) is 11.9. The van der Waals surface area contributed by atoms with Gasteiger partial charge in [0.15, 0.2) is 10.6 Å². The highest BCUT2D eigenvalue weighted by atomic mass is 32.1. The molecule has 0 unspecified atom stereocenters. The quantitative estimate of drug-likeness (QED) is 0.478. The third-order valence-electron chi connectivity index (χ3n) is 4.04. The minimum absolute atomic E-state index is 0.0637. The Morgan fingerprint density at radius 3 is 2.52 bits per heavy atom. The first-order chi connectivity index (χ1) is 13.0. The predicted octanol–water partition coefficient (Wildman–Crippen LogP) is 3.82. The molecule has 7 heteroatoms. The van der Waals surface area contributed by atoms with E-state index in [1.807, 2.05) is 11.5 Å². The first-order valence-electron chi connectivity index (χ1n) is 8.56. The van der Waals surface area contributed by atoms with Crippen molar-refractivity contribution in [1.29, 1.82) is 0 Å². The molecule has 0 radical (unpaired) electrons. The average molecular weight is 386 g/mol. The number of hydrogen-bond donors (Lipinski definition) is 0. The molecular weight excluding hydrogens is 367 g/mol. The maximum absolute atomic E-state index is 13.6. The number of Topliss-reactive ketones (excluding diaryl/α,β-unsaturated/α-hetero) is 1. The monoisotopic (exact) mass is 386 g/mol. The number of aromatic nitrogens is 1. The Hall–Kier alpha value is -2.64. The van der Waals surface area contributed by atoms with Crippen LogP contribution in [0, 0.1) is 5.82 Å². The molecule has 0 fully saturated rings. The fourth-order valence-electron chi connectivity index (χ4n) is 2.65. The third-order valence-corrected chi connectivity index (χ3v) is 5.08. The van der Waals surface area contributed by atoms with Crippen molar-refractivity contribution in [1.82, 2.24) is 4.57 Å². The fourth-order valence-corrected chi connectivity index (χ4v) is 3.73. The number of halogens is 1. The maximum atomic E-state index is 13.6. The minimum atomic E-state index is -0.415. The molecule has 0 saturated heterocycles. The lowest BCUT2D eigenvalue weighted by atomic mass is 10.1. The van der Waals surface area contributed by atoms with Crippen molar-refractivity contribution < 1.29 is 18.7 Å². The molecule has 1 amide bonds. The SMILES string of the molecule is CCOCCn1c(=NC(=O)c2ccc(C(C)=O)cc2)sc2cc(F)ccc21. The molecule has 1 heterocycles. The molecule has 1 aromatic heterocycles. The first-order valence-corrected chi connectivity index (χ1v) is 9.38. The Morgan fingerprint density at radius 2 is 1.85 bits per heavy atom. The molecule has 0 bridgehead atoms. The zero-order valence-electron chi connectivity index (χ0n) is 15.1. The highest BCUT2D eigenvalue weighted by Gasteiger charge is 2.11. The largest absolute Gasteiger partial charge is 0.380 e. The second kappa shape index (κ2) is 8.37. The van der Waals surface area contributed by atoms with Crippen LogP contribution in [-0.4, -0.2) is 29.5 Å². The van der Waals surface area contributed by atoms with Gasteiger partial charge in [0.25, 0.3) is 5.91 Å². The van der Waals surface area contributed by atoms with Crippen LogP contribution in [0.1, 0.15) is 34.6 Å². The van der Waals surface area contributed by atoms with Crippen molar-refractivity contribution in [3.05, 3.63) is 64.2 Å². The lowest BCUT2D eigenvalue weighted by molar-refractivity contribution is 0.0990. The van der Waals surface area contributed by atoms with Gasteiger partial charge in [-0.25, -0.2) is 4.39 Å². The highest BCUT2D eigenvalue weighted by molar-refractivity contribution is 7.16. The predicted molar refractivity (Wildman–Crippen MR) is 103 cm³/mol. The van der Waals surface area contributed by atoms with Crippen molar-refractivity contribution in [2.45, 2.75) is 20.4 Å². The molecule has 27 heavy (non-hydrogen) atoms. The molecule has 140 valence electrons. The summed E-state index contributed by atoms with van der Waals surface area (Å²) in [4.78, 5) is 28.6. The van der Waals surface area contributed by atoms with Crippen molar-refractivity contribution >= 4 is 33.2 Å². The van der Waals surface area contributed by atoms with Gasteiger partial charge in [-0.05, 0) is 44.2 Å². The van der Waals surface area contributed by atoms with E-state index >= 15 is 0 Å². The zero-order chi connectivity index (χ0) is 19.4. The summed E-state index contributed by atoms with van der Waals surface area (Å²) < 4.78 is 21.5. The van der Waals surface area contributed by atoms with E-state index < -0.39 is 5.91 Å². The summed E-state index contributed by atoms with van der Waals surface area (Å²) in [5.74, 6) is -0.813. The number of carbonyl (C=O) groups is 2. The van der Waals surface area contributed by atoms with E-state index in [4.69, 9.17) is 4.74 Å². The number of ketones is 1. The number of fused-ring (bicyclic) bond motifs is 1. The first kappa shape index (κ1) is 19.1. The van der Waals surface area contributed by atoms with E-state index in [-0.39, 0.29) is 11.6 Å². The summed E-state index contributed by atoms with van der Waals surface area (Å²) in [6.45, 7) is 4.94. The van der Waals surface area contributed by atoms with Gasteiger partial charge in [0, 0.05) is 24.3 Å². The topological polar surface area (TPSA) is 60.7 Å². The Labute approximate surface area is 159 Å². The average Bonchev–Trinajstić information content (AvgIpc) is 2.98. The van der Waals surface area contributed by atoms with Crippen molar-refractivity contribution in [3.63, 3.8) is 0 Å². The number of benzene rings is 2. The molecule has 0 aliphatic carbocycles. The van der Waals surface area contributed by atoms with Crippen molar-refractivity contribution in [2.75, 3.05) is 13.2 Å². The molecular formula is C20H19FN2O3S. The Morgan fingerprint density at radius 1 is 1.15 bits per heavy atom. The number of ether oxygens (including phenoxy) is 1. The van der Waals surface area contributed by atoms with Crippen LogP contribution in [0.2, 0.25) is 0 Å². The van der Waals surface area contributed by atoms with Crippen LogP contribution in [0.4, 0.5) is 4.39 Å². The van der Waals surface area contributed by atoms with E-state index in [0.29, 0.717) is 40.4 Å². The summed E-state index contributed by atoms with van der Waals surface area (Å²) in [6.07, 6.45) is 0. The standard InChI is InChI=1S/C20H19FN2O3S/c1-3-26-11-10-23-17-9-8-16(21)12-18(17)27-20(23)22-19(25)15-6-4-14(5-7-15)13(2)24/h4-9,12H,3,10-11H2,1-2H3. The smallest absolute Gasteiger partial charge is 0.279 e. The minimum Gasteiger partial charge on any atom is -0.380 e. The molecule has 2 aromatic carbocycles. The van der Waals surface area contributed by atoms with Gasteiger partial charge in [-0.15, -0.1) is 0 Å². The third kappa shape index (κ3) is 4.37. The van der Waals surface area contributed by atoms with Crippen LogP contribution in [0.5, 0.6) is 0 Å². The number of nitrogens with zero attached hydrogens (tertiary/aromatic N) is 2. The van der Waals surface area contributed by atoms with Gasteiger partial charge < -0.3 is 9.30 Å². The number of hydrogen-bond acceptors (Lipinski definition) is 4. The molecule has 3 rings (SSSR count). The molecule has 0 spiro atoms. The Kier molecular flexibility index (Phi) is 5.93. The van der Waals surface area contributed by atoms with E-state index in [2.05, 4.69) is 4.99 Å². The lowest BCUT2D eigenvalue weighted by Gasteiger charge is -2.05. The van der Waals surface area contributed by atoms with Crippen LogP contribution in [0.15, 0.2) is 47.5 Å². The van der Waals surface area contributed by atoms with Crippen LogP contribution >= 0.6 is 11.3 Å². The summed E-state index contributed by atoms with van der Waals surface area (Å²) in [7, 11) is 0. The lowest BCUT2D eigenvalue weighted by Crippen LogP contribution is -2.19. The van der Waals surface area contributed by atoms with Gasteiger partial charge in [-0.3, -0.25) is 9.59 Å². The second-order valence-electron chi connectivity index (χ2n) is 5.90. The fraction of sp³-hybridized carbons (Fsp3) is 0.250. The molecule has 3 aromatic rings. The van der Waals surface area contributed by atoms with Crippen LogP contribution < -0.4 is 4.80 Å². The van der Waals surface area contributed by atoms with Crippen LogP contribution in [0.3, 0.4) is 0 Å². The number of rotatable bonds is 6. The van der Waals surface area contributed by atoms with E-state index in [1.165, 1.54) is 30.4 Å². The van der Waals surface area contributed by atoms with Gasteiger partial charge in [0.05, 0.1) is 16.8 Å². The van der Waals surface area contributed by atoms with E-state index in [1.54, 1.807) is 30.3 Å². The Balaban J connectivity index is 2.01. The van der Waals surface area contributed by atoms with Gasteiger partial charge in [-0.2, -0.15) is 4.99 Å². The van der Waals surface area contributed by atoms with Crippen molar-refractivity contribution in [3.8, 4) is 0 Å². The number of thiazole rings is 1. The van der Waals surface area contributed by atoms with Crippen LogP contribution in [-0.2, 0) is 11.3 Å². The molecule has 5 nitrogen and oxygen atoms in total. The summed E-state index contributed by atoms with van der Waals surface area (Å²) in [5, 5.41) is 0. The number of amides is 1. The van der Waals surface area contributed by atoms with Gasteiger partial charge in [-0.1, -0.05) is 23.5 Å². The van der Waals surface area contributed by atoms with Gasteiger partial charge in [0.2, 0.25) is 0 Å². The van der Waals surface area contributed by atoms with Crippen LogP contribution in [0.25, 0.3) is 10.2 Å². The highest BCUT2D eigenvalue weighted by Crippen LogP contribution is 2.19. The molecule has 0 saturated carbocycles. The van der Waals surface area contributed by atoms with E-state index in [9.17, 15) is 14.0 Å². The van der Waals surface area contributed by atoms with Crippen molar-refractivity contribution in [2.24, 2.45) is 4.99 Å². The maximum Gasteiger partial charge on any atom is 0.279 e. The van der Waals surface area contributed by atoms with Gasteiger partial charge >= 0.3 is 0 Å². The van der Waals surface area contributed by atoms with Gasteiger partial charge in [0.1, 0.15) is 5.82 Å². The summed E-state index contributed by atoms with van der Waals surface area (Å²) >= 11 is 1.25. The molecule has 0 aliphatic rings.